The molecule has 2 nitrogen and oxygen atoms in total. The zero-order chi connectivity index (χ0) is 13.8. The number of Topliss-reactive ketones (excluding diaryl/α,β-unsaturated/α-hetero) is 1. The number of halogens is 3. The van der Waals surface area contributed by atoms with Crippen LogP contribution in [0.2, 0.25) is 0 Å². The minimum Gasteiger partial charge on any atom is -0.369 e. The molecule has 2 aromatic rings. The lowest BCUT2D eigenvalue weighted by Crippen LogP contribution is -2.08. The highest BCUT2D eigenvalue weighted by Crippen LogP contribution is 2.32. The number of benzene rings is 1. The lowest BCUT2D eigenvalue weighted by Gasteiger charge is -2.03. The highest BCUT2D eigenvalue weighted by molar-refractivity contribution is 9.12. The van der Waals surface area contributed by atoms with Crippen LogP contribution in [0.5, 0.6) is 0 Å². The first-order valence-corrected chi connectivity index (χ1v) is 8.56. The van der Waals surface area contributed by atoms with E-state index in [4.69, 9.17) is 4.74 Å². The van der Waals surface area contributed by atoms with Gasteiger partial charge in [-0.25, -0.2) is 0 Å². The Morgan fingerprint density at radius 1 is 1.16 bits per heavy atom. The lowest BCUT2D eigenvalue weighted by atomic mass is 10.2. The van der Waals surface area contributed by atoms with Crippen LogP contribution in [0.25, 0.3) is 0 Å². The highest BCUT2D eigenvalue weighted by atomic mass is 79.9. The van der Waals surface area contributed by atoms with Gasteiger partial charge in [0.25, 0.3) is 0 Å². The summed E-state index contributed by atoms with van der Waals surface area (Å²) in [7, 11) is 0. The summed E-state index contributed by atoms with van der Waals surface area (Å²) in [6.07, 6.45) is 0. The molecule has 0 aliphatic carbocycles. The zero-order valence-corrected chi connectivity index (χ0v) is 15.2. The molecule has 6 heteroatoms. The van der Waals surface area contributed by atoms with Crippen molar-refractivity contribution in [2.45, 2.75) is 6.61 Å². The maximum Gasteiger partial charge on any atom is 0.190 e. The van der Waals surface area contributed by atoms with Gasteiger partial charge in [0.2, 0.25) is 0 Å². The molecule has 0 radical (unpaired) electrons. The largest absolute Gasteiger partial charge is 0.369 e. The van der Waals surface area contributed by atoms with Crippen LogP contribution < -0.4 is 0 Å². The Morgan fingerprint density at radius 3 is 2.42 bits per heavy atom. The number of thiophene rings is 1. The van der Waals surface area contributed by atoms with Gasteiger partial charge in [0.1, 0.15) is 6.61 Å². The van der Waals surface area contributed by atoms with Crippen LogP contribution in [-0.2, 0) is 11.3 Å². The van der Waals surface area contributed by atoms with Crippen molar-refractivity contribution in [3.05, 3.63) is 53.5 Å². The molecule has 1 aromatic carbocycles. The lowest BCUT2D eigenvalue weighted by molar-refractivity contribution is 0.0726. The van der Waals surface area contributed by atoms with Crippen LogP contribution in [0.3, 0.4) is 0 Å². The van der Waals surface area contributed by atoms with Gasteiger partial charge in [0.05, 0.1) is 14.2 Å². The van der Waals surface area contributed by atoms with E-state index >= 15 is 0 Å². The molecule has 0 atom stereocenters. The third-order valence-corrected chi connectivity index (χ3v) is 5.24. The van der Waals surface area contributed by atoms with Crippen molar-refractivity contribution >= 4 is 64.9 Å². The van der Waals surface area contributed by atoms with Gasteiger partial charge in [-0.05, 0) is 55.6 Å². The van der Waals surface area contributed by atoms with Gasteiger partial charge in [-0.2, -0.15) is 0 Å². The Balaban J connectivity index is 1.87. The van der Waals surface area contributed by atoms with Crippen LogP contribution >= 0.6 is 59.1 Å². The standard InChI is InChI=1S/C13H9Br3O2S/c14-9-3-1-8(2-4-9)6-18-7-11(17)10-5-12(15)19-13(10)16/h1-5H,6-7H2. The molecule has 0 saturated heterocycles. The summed E-state index contributed by atoms with van der Waals surface area (Å²) >= 11 is 11.6. The van der Waals surface area contributed by atoms with E-state index in [0.29, 0.717) is 12.2 Å². The van der Waals surface area contributed by atoms with E-state index in [0.717, 1.165) is 17.6 Å². The Labute approximate surface area is 140 Å². The summed E-state index contributed by atoms with van der Waals surface area (Å²) in [6.45, 7) is 0.514. The fourth-order valence-electron chi connectivity index (χ4n) is 1.45. The third kappa shape index (κ3) is 4.49. The van der Waals surface area contributed by atoms with Crippen molar-refractivity contribution in [3.63, 3.8) is 0 Å². The number of hydrogen-bond donors (Lipinski definition) is 0. The molecule has 1 heterocycles. The summed E-state index contributed by atoms with van der Waals surface area (Å²) in [6, 6.07) is 9.64. The zero-order valence-electron chi connectivity index (χ0n) is 9.66. The van der Waals surface area contributed by atoms with Gasteiger partial charge >= 0.3 is 0 Å². The number of carbonyl (C=O) groups is 1. The van der Waals surface area contributed by atoms with Gasteiger partial charge in [0.15, 0.2) is 5.78 Å². The quantitative estimate of drug-likeness (QED) is 0.546. The minimum atomic E-state index is -0.0223. The van der Waals surface area contributed by atoms with E-state index in [-0.39, 0.29) is 12.4 Å². The third-order valence-electron chi connectivity index (χ3n) is 2.37. The van der Waals surface area contributed by atoms with Crippen LogP contribution in [0.1, 0.15) is 15.9 Å². The SMILES string of the molecule is O=C(COCc1ccc(Br)cc1)c1cc(Br)sc1Br. The first-order chi connectivity index (χ1) is 9.06. The molecule has 100 valence electrons. The summed E-state index contributed by atoms with van der Waals surface area (Å²) in [5.41, 5.74) is 1.70. The summed E-state index contributed by atoms with van der Waals surface area (Å²) in [4.78, 5) is 11.9. The van der Waals surface area contributed by atoms with Crippen LogP contribution in [-0.4, -0.2) is 12.4 Å². The Bertz CT molecular complexity index is 578. The average molecular weight is 469 g/mol. The van der Waals surface area contributed by atoms with E-state index in [1.54, 1.807) is 6.07 Å². The predicted molar refractivity (Wildman–Crippen MR) is 87.8 cm³/mol. The molecular formula is C13H9Br3O2S. The molecule has 0 amide bonds. The van der Waals surface area contributed by atoms with Crippen molar-refractivity contribution < 1.29 is 9.53 Å². The van der Waals surface area contributed by atoms with E-state index in [1.165, 1.54) is 11.3 Å². The van der Waals surface area contributed by atoms with Gasteiger partial charge in [-0.1, -0.05) is 28.1 Å². The van der Waals surface area contributed by atoms with Crippen molar-refractivity contribution in [2.24, 2.45) is 0 Å². The maximum absolute atomic E-state index is 11.9. The second kappa shape index (κ2) is 7.13. The molecule has 0 bridgehead atoms. The van der Waals surface area contributed by atoms with Crippen LogP contribution in [0.15, 0.2) is 42.4 Å². The van der Waals surface area contributed by atoms with Gasteiger partial charge < -0.3 is 4.74 Å². The number of hydrogen-bond acceptors (Lipinski definition) is 3. The first-order valence-electron chi connectivity index (χ1n) is 5.36. The van der Waals surface area contributed by atoms with E-state index < -0.39 is 0 Å². The maximum atomic E-state index is 11.9. The first kappa shape index (κ1) is 15.4. The molecule has 2 rings (SSSR count). The molecule has 1 aromatic heterocycles. The Kier molecular flexibility index (Phi) is 5.77. The Hall–Kier alpha value is -0.0100. The van der Waals surface area contributed by atoms with E-state index in [9.17, 15) is 4.79 Å². The van der Waals surface area contributed by atoms with Crippen molar-refractivity contribution in [1.29, 1.82) is 0 Å². The van der Waals surface area contributed by atoms with Crippen molar-refractivity contribution in [1.82, 2.24) is 0 Å². The fourth-order valence-corrected chi connectivity index (χ4v) is 4.57. The minimum absolute atomic E-state index is 0.0223. The van der Waals surface area contributed by atoms with E-state index in [1.807, 2.05) is 24.3 Å². The molecule has 0 aliphatic heterocycles. The second-order valence-corrected chi connectivity index (χ2v) is 8.45. The molecule has 0 unspecified atom stereocenters. The molecular weight excluding hydrogens is 460 g/mol. The predicted octanol–water partition coefficient (Wildman–Crippen LogP) is 5.44. The van der Waals surface area contributed by atoms with Crippen molar-refractivity contribution in [3.8, 4) is 0 Å². The summed E-state index contributed by atoms with van der Waals surface area (Å²) in [5, 5.41) is 0. The molecule has 0 saturated carbocycles. The summed E-state index contributed by atoms with van der Waals surface area (Å²) in [5.74, 6) is -0.0223. The molecule has 0 N–H and O–H groups in total. The smallest absolute Gasteiger partial charge is 0.190 e. The second-order valence-electron chi connectivity index (χ2n) is 3.78. The molecule has 0 fully saturated rings. The Morgan fingerprint density at radius 2 is 1.84 bits per heavy atom. The van der Waals surface area contributed by atoms with Gasteiger partial charge in [-0.3, -0.25) is 4.79 Å². The highest BCUT2D eigenvalue weighted by Gasteiger charge is 2.13. The van der Waals surface area contributed by atoms with Gasteiger partial charge in [-0.15, -0.1) is 11.3 Å². The molecule has 0 aliphatic rings. The molecule has 19 heavy (non-hydrogen) atoms. The number of ketones is 1. The van der Waals surface area contributed by atoms with Crippen LogP contribution in [0.4, 0.5) is 0 Å². The van der Waals surface area contributed by atoms with E-state index in [2.05, 4.69) is 47.8 Å². The average Bonchev–Trinajstić information content (AvgIpc) is 2.71. The molecule has 0 spiro atoms. The number of carbonyl (C=O) groups excluding carboxylic acids is 1. The topological polar surface area (TPSA) is 26.3 Å². The van der Waals surface area contributed by atoms with Gasteiger partial charge in [0, 0.05) is 10.0 Å². The summed E-state index contributed by atoms with van der Waals surface area (Å²) < 4.78 is 8.23. The van der Waals surface area contributed by atoms with Crippen molar-refractivity contribution in [2.75, 3.05) is 6.61 Å². The van der Waals surface area contributed by atoms with Crippen LogP contribution in [0, 0.1) is 0 Å². The monoisotopic (exact) mass is 466 g/mol. The normalized spacial score (nSPS) is 10.7. The number of rotatable bonds is 5. The number of ether oxygens (including phenoxy) is 1. The fraction of sp³-hybridized carbons (Fsp3) is 0.154.